The van der Waals surface area contributed by atoms with Crippen LogP contribution in [0.1, 0.15) is 49.3 Å². The third-order valence-electron chi connectivity index (χ3n) is 7.64. The molecule has 3 N–H and O–H groups in total. The average molecular weight is 485 g/mol. The second kappa shape index (κ2) is 11.7. The zero-order valence-corrected chi connectivity index (χ0v) is 21.1. The zero-order valence-electron chi connectivity index (χ0n) is 21.1. The molecule has 0 spiro atoms. The monoisotopic (exact) mass is 484 g/mol. The third kappa shape index (κ3) is 6.12. The molecule has 7 heteroatoms. The van der Waals surface area contributed by atoms with Crippen LogP contribution in [0, 0.1) is 22.7 Å². The molecular weight excluding hydrogens is 448 g/mol. The normalized spacial score (nSPS) is 20.0. The van der Waals surface area contributed by atoms with Crippen molar-refractivity contribution in [2.24, 2.45) is 5.73 Å². The maximum atomic E-state index is 12.7. The first kappa shape index (κ1) is 25.9. The van der Waals surface area contributed by atoms with Gasteiger partial charge in [-0.05, 0) is 42.1 Å². The summed E-state index contributed by atoms with van der Waals surface area (Å²) in [5, 5.41) is 22.3. The summed E-state index contributed by atoms with van der Waals surface area (Å²) < 4.78 is 0. The highest BCUT2D eigenvalue weighted by Crippen LogP contribution is 2.27. The molecule has 2 aliphatic rings. The van der Waals surface area contributed by atoms with E-state index in [9.17, 15) is 15.3 Å². The van der Waals surface area contributed by atoms with Crippen molar-refractivity contribution < 1.29 is 4.79 Å². The minimum atomic E-state index is -0.849. The number of nitriles is 2. The Balaban J connectivity index is 1.37. The standard InChI is InChI=1S/C29H36N6O/c1-34-15-17-35(18-16-34)27(21-31)25-11-9-24(10-12-25)23-7-5-22(6-8-23)19-26(20-30)33-28(36)29(32)13-3-2-4-14-29/h5-12,26-27H,2-4,13-19,32H2,1H3,(H,33,36)/t26-,27?/m0/s1. The summed E-state index contributed by atoms with van der Waals surface area (Å²) in [6.07, 6.45) is 4.81. The zero-order chi connectivity index (χ0) is 25.5. The van der Waals surface area contributed by atoms with Crippen LogP contribution in [0.25, 0.3) is 11.1 Å². The minimum Gasteiger partial charge on any atom is -0.338 e. The third-order valence-corrected chi connectivity index (χ3v) is 7.64. The molecule has 1 aliphatic heterocycles. The molecule has 1 aliphatic carbocycles. The van der Waals surface area contributed by atoms with Crippen molar-refractivity contribution >= 4 is 5.91 Å². The Kier molecular flexibility index (Phi) is 8.38. The number of hydrogen-bond acceptors (Lipinski definition) is 6. The number of nitrogens with zero attached hydrogens (tertiary/aromatic N) is 4. The fourth-order valence-electron chi connectivity index (χ4n) is 5.21. The lowest BCUT2D eigenvalue weighted by Crippen LogP contribution is -2.57. The summed E-state index contributed by atoms with van der Waals surface area (Å²) in [5.41, 5.74) is 9.62. The second-order valence-corrected chi connectivity index (χ2v) is 10.3. The maximum absolute atomic E-state index is 12.7. The lowest BCUT2D eigenvalue weighted by atomic mass is 9.81. The van der Waals surface area contributed by atoms with Gasteiger partial charge in [0.1, 0.15) is 12.1 Å². The number of nitrogens with two attached hydrogens (primary N) is 1. The van der Waals surface area contributed by atoms with E-state index in [4.69, 9.17) is 5.73 Å². The number of carbonyl (C=O) groups is 1. The molecule has 0 radical (unpaired) electrons. The van der Waals surface area contributed by atoms with Crippen LogP contribution < -0.4 is 11.1 Å². The molecule has 0 aromatic heterocycles. The van der Waals surface area contributed by atoms with Gasteiger partial charge < -0.3 is 16.0 Å². The van der Waals surface area contributed by atoms with E-state index in [0.29, 0.717) is 19.3 Å². The first-order chi connectivity index (χ1) is 17.4. The Bertz CT molecular complexity index is 1100. The highest BCUT2D eigenvalue weighted by Gasteiger charge is 2.36. The van der Waals surface area contributed by atoms with Crippen LogP contribution >= 0.6 is 0 Å². The Morgan fingerprint density at radius 3 is 2.08 bits per heavy atom. The van der Waals surface area contributed by atoms with Crippen molar-refractivity contribution in [3.63, 3.8) is 0 Å². The minimum absolute atomic E-state index is 0.210. The quantitative estimate of drug-likeness (QED) is 0.624. The summed E-state index contributed by atoms with van der Waals surface area (Å²) in [4.78, 5) is 17.3. The molecule has 2 atom stereocenters. The van der Waals surface area contributed by atoms with E-state index in [1.165, 1.54) is 0 Å². The molecule has 2 fully saturated rings. The van der Waals surface area contributed by atoms with Gasteiger partial charge in [0.2, 0.25) is 5.91 Å². The smallest absolute Gasteiger partial charge is 0.241 e. The van der Waals surface area contributed by atoms with Crippen LogP contribution in [0.5, 0.6) is 0 Å². The largest absolute Gasteiger partial charge is 0.338 e. The molecular formula is C29H36N6O. The number of nitrogens with one attached hydrogen (secondary N) is 1. The first-order valence-corrected chi connectivity index (χ1v) is 12.9. The van der Waals surface area contributed by atoms with Crippen LogP contribution in [0.15, 0.2) is 48.5 Å². The van der Waals surface area contributed by atoms with E-state index in [-0.39, 0.29) is 11.9 Å². The number of carbonyl (C=O) groups excluding carboxylic acids is 1. The highest BCUT2D eigenvalue weighted by atomic mass is 16.2. The molecule has 188 valence electrons. The second-order valence-electron chi connectivity index (χ2n) is 10.3. The van der Waals surface area contributed by atoms with Crippen LogP contribution in [-0.2, 0) is 11.2 Å². The lowest BCUT2D eigenvalue weighted by Gasteiger charge is -2.35. The van der Waals surface area contributed by atoms with Gasteiger partial charge in [-0.15, -0.1) is 0 Å². The summed E-state index contributed by atoms with van der Waals surface area (Å²) in [6.45, 7) is 3.75. The number of amides is 1. The molecule has 1 amide bonds. The predicted molar refractivity (Wildman–Crippen MR) is 141 cm³/mol. The molecule has 1 saturated heterocycles. The summed E-state index contributed by atoms with van der Waals surface area (Å²) in [7, 11) is 2.11. The van der Waals surface area contributed by atoms with E-state index in [1.807, 2.05) is 36.4 Å². The van der Waals surface area contributed by atoms with Gasteiger partial charge in [0.25, 0.3) is 0 Å². The molecule has 2 aromatic rings. The molecule has 1 saturated carbocycles. The Labute approximate surface area is 214 Å². The summed E-state index contributed by atoms with van der Waals surface area (Å²) in [6, 6.07) is 20.1. The van der Waals surface area contributed by atoms with Crippen LogP contribution in [0.3, 0.4) is 0 Å². The van der Waals surface area contributed by atoms with E-state index in [1.54, 1.807) is 0 Å². The number of likely N-dealkylation sites (N-methyl/N-ethyl adjacent to an activating group) is 1. The van der Waals surface area contributed by atoms with E-state index in [0.717, 1.165) is 67.7 Å². The lowest BCUT2D eigenvalue weighted by molar-refractivity contribution is -0.127. The Morgan fingerprint density at radius 2 is 1.53 bits per heavy atom. The SMILES string of the molecule is CN1CCN(C(C#N)c2ccc(-c3ccc(C[C@@H](C#N)NC(=O)C4(N)CCCCC4)cc3)cc2)CC1. The van der Waals surface area contributed by atoms with Crippen molar-refractivity contribution in [2.75, 3.05) is 33.2 Å². The maximum Gasteiger partial charge on any atom is 0.241 e. The predicted octanol–water partition coefficient (Wildman–Crippen LogP) is 3.38. The van der Waals surface area contributed by atoms with E-state index >= 15 is 0 Å². The van der Waals surface area contributed by atoms with Gasteiger partial charge in [-0.25, -0.2) is 0 Å². The van der Waals surface area contributed by atoms with E-state index in [2.05, 4.69) is 46.4 Å². The van der Waals surface area contributed by atoms with Crippen LogP contribution in [-0.4, -0.2) is 60.5 Å². The average Bonchev–Trinajstić information content (AvgIpc) is 2.91. The van der Waals surface area contributed by atoms with E-state index < -0.39 is 11.6 Å². The van der Waals surface area contributed by atoms with Crippen LogP contribution in [0.2, 0.25) is 0 Å². The van der Waals surface area contributed by atoms with Crippen molar-refractivity contribution in [1.29, 1.82) is 10.5 Å². The van der Waals surface area contributed by atoms with Gasteiger partial charge >= 0.3 is 0 Å². The summed E-state index contributed by atoms with van der Waals surface area (Å²) in [5.74, 6) is -0.210. The molecule has 1 heterocycles. The molecule has 4 rings (SSSR count). The Hall–Kier alpha value is -3.23. The molecule has 7 nitrogen and oxygen atoms in total. The van der Waals surface area contributed by atoms with Gasteiger partial charge in [-0.1, -0.05) is 67.8 Å². The number of hydrogen-bond donors (Lipinski definition) is 2. The number of piperazine rings is 1. The van der Waals surface area contributed by atoms with Crippen molar-refractivity contribution in [1.82, 2.24) is 15.1 Å². The first-order valence-electron chi connectivity index (χ1n) is 12.9. The fraction of sp³-hybridized carbons (Fsp3) is 0.483. The van der Waals surface area contributed by atoms with Gasteiger partial charge in [0.15, 0.2) is 0 Å². The van der Waals surface area contributed by atoms with Crippen LogP contribution in [0.4, 0.5) is 0 Å². The molecule has 2 aromatic carbocycles. The number of rotatable bonds is 7. The molecule has 0 bridgehead atoms. The van der Waals surface area contributed by atoms with Gasteiger partial charge in [0, 0.05) is 32.6 Å². The fourth-order valence-corrected chi connectivity index (χ4v) is 5.21. The van der Waals surface area contributed by atoms with Crippen molar-refractivity contribution in [2.45, 2.75) is 56.1 Å². The van der Waals surface area contributed by atoms with Crippen molar-refractivity contribution in [3.8, 4) is 23.3 Å². The van der Waals surface area contributed by atoms with Gasteiger partial charge in [-0.2, -0.15) is 10.5 Å². The molecule has 36 heavy (non-hydrogen) atoms. The van der Waals surface area contributed by atoms with Crippen molar-refractivity contribution in [3.05, 3.63) is 59.7 Å². The number of benzene rings is 2. The molecule has 1 unspecified atom stereocenters. The summed E-state index contributed by atoms with van der Waals surface area (Å²) >= 11 is 0. The van der Waals surface area contributed by atoms with Gasteiger partial charge in [0.05, 0.1) is 17.7 Å². The Morgan fingerprint density at radius 1 is 0.944 bits per heavy atom. The topological polar surface area (TPSA) is 109 Å². The highest BCUT2D eigenvalue weighted by molar-refractivity contribution is 5.86. The van der Waals surface area contributed by atoms with Gasteiger partial charge in [-0.3, -0.25) is 9.69 Å².